The van der Waals surface area contributed by atoms with Crippen LogP contribution in [0.3, 0.4) is 0 Å². The maximum atomic E-state index is 12.0. The molecule has 0 amide bonds. The Labute approximate surface area is 124 Å². The zero-order valence-electron chi connectivity index (χ0n) is 12.4. The van der Waals surface area contributed by atoms with Crippen molar-refractivity contribution in [3.8, 4) is 5.75 Å². The summed E-state index contributed by atoms with van der Waals surface area (Å²) in [5.74, 6) is 0.435. The molecule has 0 aliphatic rings. The highest BCUT2D eigenvalue weighted by Gasteiger charge is 2.09. The van der Waals surface area contributed by atoms with Crippen LogP contribution in [0.4, 0.5) is 0 Å². The third kappa shape index (κ3) is 3.78. The summed E-state index contributed by atoms with van der Waals surface area (Å²) in [6.07, 6.45) is 0. The van der Waals surface area contributed by atoms with Crippen LogP contribution in [0.25, 0.3) is 0 Å². The average molecular weight is 282 g/mol. The molecule has 0 fully saturated rings. The highest BCUT2D eigenvalue weighted by atomic mass is 16.5. The van der Waals surface area contributed by atoms with Crippen LogP contribution in [0.15, 0.2) is 48.5 Å². The number of carbonyl (C=O) groups excluding carboxylic acids is 2. The standard InChI is InChI=1S/C18H18O3/c1-12(2)14-4-6-16(7-5-14)18(20)21-17-10-8-15(9-11-17)13(3)19/h4-12H,1-3H3. The van der Waals surface area contributed by atoms with Gasteiger partial charge >= 0.3 is 5.97 Å². The molecule has 0 aromatic heterocycles. The highest BCUT2D eigenvalue weighted by molar-refractivity contribution is 5.94. The Kier molecular flexibility index (Phi) is 4.53. The smallest absolute Gasteiger partial charge is 0.343 e. The van der Waals surface area contributed by atoms with Crippen molar-refractivity contribution in [1.29, 1.82) is 0 Å². The Morgan fingerprint density at radius 2 is 1.38 bits per heavy atom. The topological polar surface area (TPSA) is 43.4 Å². The number of hydrogen-bond donors (Lipinski definition) is 0. The number of esters is 1. The molecule has 0 unspecified atom stereocenters. The van der Waals surface area contributed by atoms with E-state index in [1.807, 2.05) is 12.1 Å². The lowest BCUT2D eigenvalue weighted by molar-refractivity contribution is 0.0734. The van der Waals surface area contributed by atoms with Crippen molar-refractivity contribution < 1.29 is 14.3 Å². The number of ketones is 1. The molecule has 0 saturated heterocycles. The van der Waals surface area contributed by atoms with Gasteiger partial charge in [-0.05, 0) is 54.8 Å². The minimum absolute atomic E-state index is 0.0165. The van der Waals surface area contributed by atoms with Gasteiger partial charge < -0.3 is 4.74 Å². The first kappa shape index (κ1) is 15.0. The summed E-state index contributed by atoms with van der Waals surface area (Å²) in [4.78, 5) is 23.2. The minimum atomic E-state index is -0.402. The molecule has 0 spiro atoms. The van der Waals surface area contributed by atoms with Gasteiger partial charge in [0, 0.05) is 5.56 Å². The summed E-state index contributed by atoms with van der Waals surface area (Å²) in [6.45, 7) is 5.70. The number of hydrogen-bond acceptors (Lipinski definition) is 3. The van der Waals surface area contributed by atoms with E-state index < -0.39 is 5.97 Å². The molecule has 0 atom stereocenters. The first-order valence-electron chi connectivity index (χ1n) is 6.90. The van der Waals surface area contributed by atoms with E-state index in [1.165, 1.54) is 12.5 Å². The second kappa shape index (κ2) is 6.35. The second-order valence-corrected chi connectivity index (χ2v) is 5.25. The summed E-state index contributed by atoms with van der Waals surface area (Å²) >= 11 is 0. The number of carbonyl (C=O) groups is 2. The summed E-state index contributed by atoms with van der Waals surface area (Å²) in [7, 11) is 0. The maximum absolute atomic E-state index is 12.0. The summed E-state index contributed by atoms with van der Waals surface area (Å²) < 4.78 is 5.29. The largest absolute Gasteiger partial charge is 0.423 e. The van der Waals surface area contributed by atoms with Gasteiger partial charge in [-0.1, -0.05) is 26.0 Å². The van der Waals surface area contributed by atoms with E-state index >= 15 is 0 Å². The van der Waals surface area contributed by atoms with Gasteiger partial charge in [-0.15, -0.1) is 0 Å². The van der Waals surface area contributed by atoms with Crippen LogP contribution in [-0.4, -0.2) is 11.8 Å². The minimum Gasteiger partial charge on any atom is -0.423 e. The van der Waals surface area contributed by atoms with Gasteiger partial charge in [-0.3, -0.25) is 4.79 Å². The van der Waals surface area contributed by atoms with Crippen molar-refractivity contribution in [2.75, 3.05) is 0 Å². The molecule has 2 aromatic rings. The molecule has 21 heavy (non-hydrogen) atoms. The summed E-state index contributed by atoms with van der Waals surface area (Å²) in [6, 6.07) is 13.9. The molecule has 0 radical (unpaired) electrons. The molecule has 108 valence electrons. The fraction of sp³-hybridized carbons (Fsp3) is 0.222. The molecular weight excluding hydrogens is 264 g/mol. The molecule has 0 heterocycles. The first-order chi connectivity index (χ1) is 9.97. The van der Waals surface area contributed by atoms with Crippen LogP contribution in [0.5, 0.6) is 5.75 Å². The van der Waals surface area contributed by atoms with Crippen LogP contribution in [-0.2, 0) is 0 Å². The predicted octanol–water partition coefficient (Wildman–Crippen LogP) is 4.23. The van der Waals surface area contributed by atoms with E-state index in [-0.39, 0.29) is 5.78 Å². The lowest BCUT2D eigenvalue weighted by Crippen LogP contribution is -2.08. The zero-order chi connectivity index (χ0) is 15.4. The fourth-order valence-electron chi connectivity index (χ4n) is 1.93. The fourth-order valence-corrected chi connectivity index (χ4v) is 1.93. The average Bonchev–Trinajstić information content (AvgIpc) is 2.47. The van der Waals surface area contributed by atoms with Gasteiger partial charge in [0.15, 0.2) is 5.78 Å². The molecule has 3 heteroatoms. The predicted molar refractivity (Wildman–Crippen MR) is 81.9 cm³/mol. The Hall–Kier alpha value is -2.42. The molecule has 0 saturated carbocycles. The van der Waals surface area contributed by atoms with E-state index in [4.69, 9.17) is 4.74 Å². The summed E-state index contributed by atoms with van der Waals surface area (Å²) in [5.41, 5.74) is 2.28. The van der Waals surface area contributed by atoms with Crippen molar-refractivity contribution in [2.24, 2.45) is 0 Å². The summed E-state index contributed by atoms with van der Waals surface area (Å²) in [5, 5.41) is 0. The lowest BCUT2D eigenvalue weighted by Gasteiger charge is -2.07. The van der Waals surface area contributed by atoms with Crippen molar-refractivity contribution in [3.05, 3.63) is 65.2 Å². The molecule has 0 N–H and O–H groups in total. The third-order valence-corrected chi connectivity index (χ3v) is 3.28. The number of benzene rings is 2. The van der Waals surface area contributed by atoms with Crippen LogP contribution in [0, 0.1) is 0 Å². The molecule has 2 rings (SSSR count). The Morgan fingerprint density at radius 1 is 0.857 bits per heavy atom. The van der Waals surface area contributed by atoms with Gasteiger partial charge in [-0.25, -0.2) is 4.79 Å². The normalized spacial score (nSPS) is 10.5. The number of rotatable bonds is 4. The van der Waals surface area contributed by atoms with E-state index in [0.717, 1.165) is 0 Å². The second-order valence-electron chi connectivity index (χ2n) is 5.25. The lowest BCUT2D eigenvalue weighted by atomic mass is 10.0. The molecular formula is C18H18O3. The van der Waals surface area contributed by atoms with Crippen LogP contribution < -0.4 is 4.74 Å². The molecule has 0 bridgehead atoms. The molecule has 2 aromatic carbocycles. The van der Waals surface area contributed by atoms with Gasteiger partial charge in [0.25, 0.3) is 0 Å². The SMILES string of the molecule is CC(=O)c1ccc(OC(=O)c2ccc(C(C)C)cc2)cc1. The van der Waals surface area contributed by atoms with Crippen molar-refractivity contribution in [1.82, 2.24) is 0 Å². The Balaban J connectivity index is 2.08. The Bertz CT molecular complexity index is 637. The van der Waals surface area contributed by atoms with Crippen molar-refractivity contribution >= 4 is 11.8 Å². The van der Waals surface area contributed by atoms with E-state index in [1.54, 1.807) is 36.4 Å². The van der Waals surface area contributed by atoms with Gasteiger partial charge in [0.2, 0.25) is 0 Å². The number of Topliss-reactive ketones (excluding diaryl/α,β-unsaturated/α-hetero) is 1. The van der Waals surface area contributed by atoms with Gasteiger partial charge in [0.05, 0.1) is 5.56 Å². The van der Waals surface area contributed by atoms with Crippen LogP contribution >= 0.6 is 0 Å². The molecule has 0 aliphatic carbocycles. The van der Waals surface area contributed by atoms with Crippen molar-refractivity contribution in [3.63, 3.8) is 0 Å². The highest BCUT2D eigenvalue weighted by Crippen LogP contribution is 2.17. The van der Waals surface area contributed by atoms with Gasteiger partial charge in [0.1, 0.15) is 5.75 Å². The van der Waals surface area contributed by atoms with E-state index in [9.17, 15) is 9.59 Å². The van der Waals surface area contributed by atoms with E-state index in [0.29, 0.717) is 22.8 Å². The first-order valence-corrected chi connectivity index (χ1v) is 6.90. The van der Waals surface area contributed by atoms with Crippen molar-refractivity contribution in [2.45, 2.75) is 26.7 Å². The van der Waals surface area contributed by atoms with Gasteiger partial charge in [-0.2, -0.15) is 0 Å². The zero-order valence-corrected chi connectivity index (χ0v) is 12.4. The Morgan fingerprint density at radius 3 is 1.86 bits per heavy atom. The monoisotopic (exact) mass is 282 g/mol. The quantitative estimate of drug-likeness (QED) is 0.479. The van der Waals surface area contributed by atoms with E-state index in [2.05, 4.69) is 13.8 Å². The third-order valence-electron chi connectivity index (χ3n) is 3.28. The maximum Gasteiger partial charge on any atom is 0.343 e. The molecule has 3 nitrogen and oxygen atoms in total. The van der Waals surface area contributed by atoms with Crippen LogP contribution in [0.2, 0.25) is 0 Å². The molecule has 0 aliphatic heterocycles. The number of ether oxygens (including phenoxy) is 1. The van der Waals surface area contributed by atoms with Crippen LogP contribution in [0.1, 0.15) is 53.0 Å².